The summed E-state index contributed by atoms with van der Waals surface area (Å²) in [4.78, 5) is 6.39. The Morgan fingerprint density at radius 3 is 2.53 bits per heavy atom. The van der Waals surface area contributed by atoms with Crippen molar-refractivity contribution < 1.29 is 9.47 Å². The van der Waals surface area contributed by atoms with Crippen molar-refractivity contribution in [3.05, 3.63) is 23.5 Å². The number of pyridine rings is 1. The van der Waals surface area contributed by atoms with Crippen LogP contribution >= 0.6 is 11.6 Å². The van der Waals surface area contributed by atoms with Crippen molar-refractivity contribution in [3.63, 3.8) is 0 Å². The highest BCUT2D eigenvalue weighted by Gasteiger charge is 2.39. The minimum absolute atomic E-state index is 0.317. The molecule has 1 spiro atoms. The van der Waals surface area contributed by atoms with Crippen molar-refractivity contribution >= 4 is 17.3 Å². The van der Waals surface area contributed by atoms with E-state index in [2.05, 4.69) is 9.88 Å². The number of anilines is 1. The van der Waals surface area contributed by atoms with Gasteiger partial charge in [-0.25, -0.2) is 0 Å². The molecule has 92 valence electrons. The van der Waals surface area contributed by atoms with E-state index in [1.165, 1.54) is 0 Å². The monoisotopic (exact) mass is 254 g/mol. The van der Waals surface area contributed by atoms with Crippen LogP contribution in [0.5, 0.6) is 0 Å². The zero-order valence-corrected chi connectivity index (χ0v) is 10.3. The Morgan fingerprint density at radius 2 is 1.88 bits per heavy atom. The molecule has 0 saturated carbocycles. The standard InChI is InChI=1S/C12H15ClN2O2/c13-10-7-11(9-14-8-10)15-3-1-12(2-4-15)16-5-6-17-12/h7-9H,1-6H2. The van der Waals surface area contributed by atoms with Crippen molar-refractivity contribution in [1.29, 1.82) is 0 Å². The van der Waals surface area contributed by atoms with Crippen molar-refractivity contribution in [3.8, 4) is 0 Å². The predicted molar refractivity (Wildman–Crippen MR) is 65.3 cm³/mol. The van der Waals surface area contributed by atoms with Gasteiger partial charge in [0.15, 0.2) is 5.79 Å². The first-order valence-corrected chi connectivity index (χ1v) is 6.29. The van der Waals surface area contributed by atoms with Crippen molar-refractivity contribution in [1.82, 2.24) is 4.98 Å². The van der Waals surface area contributed by atoms with Gasteiger partial charge in [0.05, 0.1) is 30.1 Å². The van der Waals surface area contributed by atoms with Gasteiger partial charge in [0.25, 0.3) is 0 Å². The molecule has 0 unspecified atom stereocenters. The Labute approximate surface area is 105 Å². The molecule has 0 aliphatic carbocycles. The van der Waals surface area contributed by atoms with Gasteiger partial charge in [-0.15, -0.1) is 0 Å². The fourth-order valence-electron chi connectivity index (χ4n) is 2.46. The van der Waals surface area contributed by atoms with Gasteiger partial charge in [-0.05, 0) is 6.07 Å². The second kappa shape index (κ2) is 4.44. The maximum absolute atomic E-state index is 5.95. The molecular weight excluding hydrogens is 240 g/mol. The van der Waals surface area contributed by atoms with E-state index < -0.39 is 0 Å². The molecule has 4 nitrogen and oxygen atoms in total. The first-order valence-electron chi connectivity index (χ1n) is 5.91. The predicted octanol–water partition coefficient (Wildman–Crippen LogP) is 2.08. The third-order valence-corrected chi connectivity index (χ3v) is 3.60. The molecule has 0 radical (unpaired) electrons. The quantitative estimate of drug-likeness (QED) is 0.769. The van der Waals surface area contributed by atoms with Crippen molar-refractivity contribution in [2.24, 2.45) is 0 Å². The third-order valence-electron chi connectivity index (χ3n) is 3.39. The number of piperidine rings is 1. The number of hydrogen-bond acceptors (Lipinski definition) is 4. The molecule has 2 saturated heterocycles. The van der Waals surface area contributed by atoms with E-state index in [4.69, 9.17) is 21.1 Å². The molecule has 0 aromatic carbocycles. The molecule has 3 rings (SSSR count). The second-order valence-corrected chi connectivity index (χ2v) is 4.89. The van der Waals surface area contributed by atoms with E-state index in [0.717, 1.165) is 44.8 Å². The molecular formula is C12H15ClN2O2. The van der Waals surface area contributed by atoms with Gasteiger partial charge < -0.3 is 14.4 Å². The van der Waals surface area contributed by atoms with E-state index in [0.29, 0.717) is 5.02 Å². The van der Waals surface area contributed by atoms with Gasteiger partial charge in [0, 0.05) is 32.1 Å². The molecule has 2 aliphatic rings. The summed E-state index contributed by atoms with van der Waals surface area (Å²) in [5, 5.41) is 0.677. The lowest BCUT2D eigenvalue weighted by molar-refractivity contribution is -0.169. The lowest BCUT2D eigenvalue weighted by Gasteiger charge is -2.38. The highest BCUT2D eigenvalue weighted by molar-refractivity contribution is 6.30. The van der Waals surface area contributed by atoms with Crippen molar-refractivity contribution in [2.45, 2.75) is 18.6 Å². The van der Waals surface area contributed by atoms with E-state index in [1.807, 2.05) is 12.3 Å². The lowest BCUT2D eigenvalue weighted by Crippen LogP contribution is -2.45. The topological polar surface area (TPSA) is 34.6 Å². The van der Waals surface area contributed by atoms with E-state index in [-0.39, 0.29) is 5.79 Å². The molecule has 17 heavy (non-hydrogen) atoms. The molecule has 0 amide bonds. The van der Waals surface area contributed by atoms with Crippen LogP contribution < -0.4 is 4.90 Å². The summed E-state index contributed by atoms with van der Waals surface area (Å²) in [7, 11) is 0. The maximum Gasteiger partial charge on any atom is 0.171 e. The van der Waals surface area contributed by atoms with E-state index in [1.54, 1.807) is 6.20 Å². The molecule has 0 N–H and O–H groups in total. The van der Waals surface area contributed by atoms with Crippen LogP contribution in [0.15, 0.2) is 18.5 Å². The van der Waals surface area contributed by atoms with Crippen LogP contribution in [0, 0.1) is 0 Å². The van der Waals surface area contributed by atoms with Crippen LogP contribution in [-0.2, 0) is 9.47 Å². The fraction of sp³-hybridized carbons (Fsp3) is 0.583. The molecule has 0 atom stereocenters. The Kier molecular flexibility index (Phi) is 2.94. The Bertz CT molecular complexity index is 397. The SMILES string of the molecule is Clc1cncc(N2CCC3(CC2)OCCO3)c1. The van der Waals surface area contributed by atoms with E-state index in [9.17, 15) is 0 Å². The van der Waals surface area contributed by atoms with Crippen LogP contribution in [0.2, 0.25) is 5.02 Å². The zero-order valence-electron chi connectivity index (χ0n) is 9.56. The normalized spacial score (nSPS) is 23.2. The smallest absolute Gasteiger partial charge is 0.171 e. The summed E-state index contributed by atoms with van der Waals surface area (Å²) >= 11 is 5.95. The highest BCUT2D eigenvalue weighted by atomic mass is 35.5. The molecule has 3 heterocycles. The number of rotatable bonds is 1. The summed E-state index contributed by atoms with van der Waals surface area (Å²) in [5.41, 5.74) is 1.07. The lowest BCUT2D eigenvalue weighted by atomic mass is 10.0. The van der Waals surface area contributed by atoms with Crippen LogP contribution in [0.1, 0.15) is 12.8 Å². The fourth-order valence-corrected chi connectivity index (χ4v) is 2.63. The van der Waals surface area contributed by atoms with Gasteiger partial charge in [0.2, 0.25) is 0 Å². The molecule has 2 aliphatic heterocycles. The Balaban J connectivity index is 1.68. The van der Waals surface area contributed by atoms with Crippen LogP contribution in [0.25, 0.3) is 0 Å². The average molecular weight is 255 g/mol. The molecule has 5 heteroatoms. The first-order chi connectivity index (χ1) is 8.27. The first kappa shape index (κ1) is 11.3. The number of halogens is 1. The minimum Gasteiger partial charge on any atom is -0.370 e. The van der Waals surface area contributed by atoms with Crippen LogP contribution in [0.3, 0.4) is 0 Å². The van der Waals surface area contributed by atoms with Crippen molar-refractivity contribution in [2.75, 3.05) is 31.2 Å². The molecule has 0 bridgehead atoms. The number of ether oxygens (including phenoxy) is 2. The Hall–Kier alpha value is -0.840. The maximum atomic E-state index is 5.95. The van der Waals surface area contributed by atoms with E-state index >= 15 is 0 Å². The summed E-state index contributed by atoms with van der Waals surface area (Å²) in [6.45, 7) is 3.28. The Morgan fingerprint density at radius 1 is 1.18 bits per heavy atom. The summed E-state index contributed by atoms with van der Waals surface area (Å²) < 4.78 is 11.4. The van der Waals surface area contributed by atoms with Gasteiger partial charge in [-0.1, -0.05) is 11.6 Å². The minimum atomic E-state index is -0.317. The third kappa shape index (κ3) is 2.25. The second-order valence-electron chi connectivity index (χ2n) is 4.46. The van der Waals surface area contributed by atoms with Gasteiger partial charge in [-0.3, -0.25) is 4.98 Å². The average Bonchev–Trinajstić information content (AvgIpc) is 2.79. The molecule has 1 aromatic heterocycles. The number of hydrogen-bond donors (Lipinski definition) is 0. The zero-order chi connectivity index (χ0) is 11.7. The molecule has 1 aromatic rings. The molecule has 2 fully saturated rings. The summed E-state index contributed by atoms with van der Waals surface area (Å²) in [6, 6.07) is 1.95. The highest BCUT2D eigenvalue weighted by Crippen LogP contribution is 2.33. The summed E-state index contributed by atoms with van der Waals surface area (Å²) in [6.07, 6.45) is 5.30. The van der Waals surface area contributed by atoms with Crippen LogP contribution in [-0.4, -0.2) is 37.1 Å². The number of nitrogens with zero attached hydrogens (tertiary/aromatic N) is 2. The van der Waals surface area contributed by atoms with Gasteiger partial charge >= 0.3 is 0 Å². The number of aromatic nitrogens is 1. The largest absolute Gasteiger partial charge is 0.370 e. The van der Waals surface area contributed by atoms with Gasteiger partial charge in [-0.2, -0.15) is 0 Å². The van der Waals surface area contributed by atoms with Crippen LogP contribution in [0.4, 0.5) is 5.69 Å². The summed E-state index contributed by atoms with van der Waals surface area (Å²) in [5.74, 6) is -0.317. The van der Waals surface area contributed by atoms with Gasteiger partial charge in [0.1, 0.15) is 0 Å².